The smallest absolute Gasteiger partial charge is 0.319 e. The summed E-state index contributed by atoms with van der Waals surface area (Å²) in [5.74, 6) is 0.683. The fraction of sp³-hybridized carbons (Fsp3) is 0.373. The summed E-state index contributed by atoms with van der Waals surface area (Å²) < 4.78 is 36.3. The summed E-state index contributed by atoms with van der Waals surface area (Å²) in [5, 5.41) is 36.3. The van der Waals surface area contributed by atoms with Crippen LogP contribution in [0.1, 0.15) is 81.6 Å². The lowest BCUT2D eigenvalue weighted by Gasteiger charge is -2.30. The molecule has 4 aliphatic rings. The van der Waals surface area contributed by atoms with E-state index in [9.17, 15) is 20.0 Å². The molecular formula is C59H61ClFN13O6S. The van der Waals surface area contributed by atoms with Gasteiger partial charge >= 0.3 is 6.01 Å². The fourth-order valence-electron chi connectivity index (χ4n) is 11.3. The number of piperazine rings is 1. The van der Waals surface area contributed by atoms with Gasteiger partial charge in [0, 0.05) is 85.1 Å². The molecule has 19 nitrogen and oxygen atoms in total. The van der Waals surface area contributed by atoms with Crippen molar-refractivity contribution in [3.05, 3.63) is 119 Å². The average Bonchev–Trinajstić information content (AvgIpc) is 4.52. The van der Waals surface area contributed by atoms with E-state index in [-0.39, 0.29) is 64.5 Å². The summed E-state index contributed by atoms with van der Waals surface area (Å²) in [7, 11) is 0. The van der Waals surface area contributed by atoms with Crippen LogP contribution in [0.3, 0.4) is 0 Å². The van der Waals surface area contributed by atoms with Gasteiger partial charge in [0.1, 0.15) is 58.4 Å². The van der Waals surface area contributed by atoms with Gasteiger partial charge in [0.25, 0.3) is 0 Å². The molecule has 4 fully saturated rings. The lowest BCUT2D eigenvalue weighted by molar-refractivity contribution is -0.137. The van der Waals surface area contributed by atoms with Gasteiger partial charge in [-0.3, -0.25) is 19.6 Å². The zero-order chi connectivity index (χ0) is 56.3. The maximum atomic E-state index is 15.4. The van der Waals surface area contributed by atoms with Crippen LogP contribution in [-0.4, -0.2) is 121 Å². The second kappa shape index (κ2) is 24.1. The number of aromatic nitrogens is 7. The molecule has 0 spiro atoms. The number of carbonyl (C=O) groups excluding carboxylic acids is 2. The molecule has 5 N–H and O–H groups in total. The Morgan fingerprint density at radius 2 is 1.85 bits per heavy atom. The lowest BCUT2D eigenvalue weighted by atomic mass is 10.0. The molecule has 4 aliphatic heterocycles. The van der Waals surface area contributed by atoms with E-state index in [1.54, 1.807) is 35.3 Å². The van der Waals surface area contributed by atoms with Crippen LogP contribution in [0.15, 0.2) is 91.4 Å². The van der Waals surface area contributed by atoms with Gasteiger partial charge in [0.15, 0.2) is 5.75 Å². The molecule has 12 rings (SSSR count). The standard InChI is InChI=1S/C45H48FN11O4S.C14H13ClN2O2/c1-24(2)39(44(58)55-14-4-5-25(55)3)57-22-35(53-54-57)27-8-6-26(7-9-27)23-60-40-37(31-10-11-34(46)41-36(31)32(18-47)42(48)62-41)50-20-33-38(40)51-45(61-30-12-15-59-16-13-30)52-43(33)56-21-28-17-29(56)19-49-28;15-12-2-1-7-16-14(12)11-5-3-10(4-6-11)13(8-18)17-9-19/h6-11,20,22,24-25,28-30,39,49H,4-5,12-17,19,21,23,48H2,1-3H3;1-7,9,13,18H,8H2,(H,17,19). The van der Waals surface area contributed by atoms with Crippen molar-refractivity contribution >= 4 is 67.1 Å². The van der Waals surface area contributed by atoms with Crippen molar-refractivity contribution in [2.24, 2.45) is 5.92 Å². The number of hydrogen-bond donors (Lipinski definition) is 4. The summed E-state index contributed by atoms with van der Waals surface area (Å²) >= 11 is 7.11. The molecule has 4 saturated heterocycles. The number of benzene rings is 3. The monoisotopic (exact) mass is 1130 g/mol. The zero-order valence-electron chi connectivity index (χ0n) is 45.0. The Hall–Kier alpha value is -7.87. The molecule has 2 bridgehead atoms. The molecule has 3 aromatic carbocycles. The third-order valence-electron chi connectivity index (χ3n) is 15.6. The minimum atomic E-state index is -0.479. The largest absolute Gasteiger partial charge is 0.484 e. The van der Waals surface area contributed by atoms with Gasteiger partial charge in [0.05, 0.1) is 58.4 Å². The number of fused-ring (bicyclic) bond motifs is 4. The molecule has 418 valence electrons. The van der Waals surface area contributed by atoms with E-state index in [1.165, 1.54) is 6.07 Å². The van der Waals surface area contributed by atoms with Crippen molar-refractivity contribution in [2.75, 3.05) is 50.1 Å². The zero-order valence-corrected chi connectivity index (χ0v) is 46.5. The fourth-order valence-corrected chi connectivity index (χ4v) is 12.5. The summed E-state index contributed by atoms with van der Waals surface area (Å²) in [4.78, 5) is 47.7. The number of aliphatic hydroxyl groups excluding tert-OH is 1. The number of hydrogen-bond acceptors (Lipinski definition) is 17. The molecule has 22 heteroatoms. The second-order valence-electron chi connectivity index (χ2n) is 21.1. The average molecular weight is 1130 g/mol. The summed E-state index contributed by atoms with van der Waals surface area (Å²) in [6.45, 7) is 9.70. The van der Waals surface area contributed by atoms with Crippen LogP contribution in [0.25, 0.3) is 54.8 Å². The summed E-state index contributed by atoms with van der Waals surface area (Å²) in [6.07, 6.45) is 10.2. The van der Waals surface area contributed by atoms with Crippen LogP contribution in [0.2, 0.25) is 5.02 Å². The number of nitrogens with one attached hydrogen (secondary N) is 2. The molecule has 8 aromatic rings. The third kappa shape index (κ3) is 11.3. The van der Waals surface area contributed by atoms with Crippen molar-refractivity contribution < 1.29 is 33.3 Å². The number of rotatable bonds is 16. The molecule has 0 aliphatic carbocycles. The van der Waals surface area contributed by atoms with Gasteiger partial charge < -0.3 is 45.5 Å². The number of nitrogens with zero attached hydrogens (tertiary/aromatic N) is 10. The van der Waals surface area contributed by atoms with Crippen LogP contribution >= 0.6 is 22.9 Å². The number of halogens is 2. The Labute approximate surface area is 476 Å². The number of amides is 2. The normalized spacial score (nSPS) is 18.7. The number of nitrogen functional groups attached to an aromatic ring is 1. The number of nitrogens with two attached hydrogens (primary N) is 1. The van der Waals surface area contributed by atoms with Crippen LogP contribution < -0.4 is 30.7 Å². The minimum absolute atomic E-state index is 0.0285. The van der Waals surface area contributed by atoms with E-state index in [0.717, 1.165) is 72.5 Å². The third-order valence-corrected chi connectivity index (χ3v) is 16.9. The lowest BCUT2D eigenvalue weighted by Crippen LogP contribution is -2.44. The number of pyridine rings is 2. The number of aliphatic hydroxyl groups is 1. The molecule has 0 radical (unpaired) electrons. The van der Waals surface area contributed by atoms with Gasteiger partial charge in [0.2, 0.25) is 12.3 Å². The first-order valence-electron chi connectivity index (χ1n) is 27.2. The highest BCUT2D eigenvalue weighted by atomic mass is 35.5. The topological polar surface area (TPSA) is 245 Å². The first-order valence-corrected chi connectivity index (χ1v) is 28.4. The molecule has 5 unspecified atom stereocenters. The first-order chi connectivity index (χ1) is 39.4. The number of nitriles is 1. The molecule has 81 heavy (non-hydrogen) atoms. The quantitative estimate of drug-likeness (QED) is 0.0660. The predicted molar refractivity (Wildman–Crippen MR) is 307 cm³/mol. The van der Waals surface area contributed by atoms with E-state index in [2.05, 4.69) is 43.8 Å². The molecule has 5 aromatic heterocycles. The minimum Gasteiger partial charge on any atom is -0.484 e. The van der Waals surface area contributed by atoms with Crippen molar-refractivity contribution in [3.63, 3.8) is 0 Å². The highest BCUT2D eigenvalue weighted by Gasteiger charge is 2.40. The van der Waals surface area contributed by atoms with Crippen LogP contribution in [0.5, 0.6) is 11.8 Å². The van der Waals surface area contributed by atoms with Gasteiger partial charge in [-0.15, -0.1) is 16.4 Å². The Morgan fingerprint density at radius 1 is 1.06 bits per heavy atom. The van der Waals surface area contributed by atoms with Gasteiger partial charge in [-0.05, 0) is 67.5 Å². The molecule has 5 atom stereocenters. The first kappa shape index (κ1) is 55.1. The van der Waals surface area contributed by atoms with Crippen LogP contribution in [-0.2, 0) is 20.9 Å². The van der Waals surface area contributed by atoms with Crippen molar-refractivity contribution in [1.82, 2.24) is 50.5 Å². The van der Waals surface area contributed by atoms with E-state index in [0.29, 0.717) is 94.0 Å². The van der Waals surface area contributed by atoms with E-state index < -0.39 is 17.9 Å². The predicted octanol–water partition coefficient (Wildman–Crippen LogP) is 8.83. The number of ether oxygens (including phenoxy) is 3. The molecule has 0 saturated carbocycles. The van der Waals surface area contributed by atoms with Gasteiger partial charge in [-0.1, -0.05) is 79.2 Å². The van der Waals surface area contributed by atoms with Crippen LogP contribution in [0, 0.1) is 23.1 Å². The maximum Gasteiger partial charge on any atom is 0.319 e. The highest BCUT2D eigenvalue weighted by Crippen LogP contribution is 2.46. The maximum absolute atomic E-state index is 15.4. The Morgan fingerprint density at radius 3 is 2.53 bits per heavy atom. The number of likely N-dealkylation sites (tertiary alicyclic amines) is 1. The van der Waals surface area contributed by atoms with Gasteiger partial charge in [-0.2, -0.15) is 15.2 Å². The van der Waals surface area contributed by atoms with Crippen LogP contribution in [0.4, 0.5) is 15.2 Å². The van der Waals surface area contributed by atoms with Gasteiger partial charge in [-0.25, -0.2) is 9.07 Å². The molecular weight excluding hydrogens is 1070 g/mol. The Kier molecular flexibility index (Phi) is 16.4. The Bertz CT molecular complexity index is 3630. The second-order valence-corrected chi connectivity index (χ2v) is 22.6. The van der Waals surface area contributed by atoms with E-state index in [1.807, 2.05) is 73.5 Å². The molecule has 9 heterocycles. The Balaban J connectivity index is 0.000000308. The highest BCUT2D eigenvalue weighted by molar-refractivity contribution is 7.23. The summed E-state index contributed by atoms with van der Waals surface area (Å²) in [6, 6.07) is 24.1. The van der Waals surface area contributed by atoms with E-state index >= 15 is 4.39 Å². The number of thiophene rings is 1. The van der Waals surface area contributed by atoms with Crippen molar-refractivity contribution in [3.8, 4) is 51.6 Å². The summed E-state index contributed by atoms with van der Waals surface area (Å²) in [5.41, 5.74) is 12.6. The van der Waals surface area contributed by atoms with Crippen molar-refractivity contribution in [1.29, 1.82) is 5.26 Å². The number of anilines is 2. The van der Waals surface area contributed by atoms with E-state index in [4.69, 9.17) is 46.5 Å². The number of carbonyl (C=O) groups is 2. The van der Waals surface area contributed by atoms with Crippen molar-refractivity contribution in [2.45, 2.75) is 95.8 Å². The molecule has 2 amide bonds. The SMILES string of the molecule is CC(C)C(C(=O)N1CCCC1C)n1cc(-c2ccc(COc3c(-c4ccc(F)c5sc(N)c(C#N)c45)ncc4c(N5CC6CC5CN6)nc(OC5CCOCC5)nc34)cc2)nn1.O=CNC(CO)c1ccc(-c2ncccc2Cl)cc1.